The number of aldehydes is 1. The first-order valence-electron chi connectivity index (χ1n) is 42.9. The summed E-state index contributed by atoms with van der Waals surface area (Å²) in [6.45, 7) is 10.7. The van der Waals surface area contributed by atoms with Gasteiger partial charge >= 0.3 is 29.0 Å². The number of carbonyl (C=O) groups is 4. The number of fused-ring (bicyclic) bond motifs is 5. The second-order valence-corrected chi connectivity index (χ2v) is 34.7. The van der Waals surface area contributed by atoms with Crippen molar-refractivity contribution in [1.82, 2.24) is 48.9 Å². The zero-order valence-electron chi connectivity index (χ0n) is 77.9. The summed E-state index contributed by atoms with van der Waals surface area (Å²) < 4.78 is 103. The fraction of sp³-hybridized carbons (Fsp3) is 0.0841. The third kappa shape index (κ3) is 29.8. The molecule has 0 bridgehead atoms. The number of aliphatic hydroxyl groups is 1. The van der Waals surface area contributed by atoms with E-state index in [0.717, 1.165) is 112 Å². The molecule has 14 aromatic carbocycles. The van der Waals surface area contributed by atoms with Crippen molar-refractivity contribution in [1.29, 1.82) is 0 Å². The Morgan fingerprint density at radius 1 is 0.464 bits per heavy atom. The Kier molecular flexibility index (Phi) is 43.0. The average Bonchev–Trinajstić information content (AvgIpc) is 1.68. The Morgan fingerprint density at radius 3 is 1.06 bits per heavy atom. The summed E-state index contributed by atoms with van der Waals surface area (Å²) in [6.07, 6.45) is 11.2. The normalized spacial score (nSPS) is 11.1. The van der Waals surface area contributed by atoms with Crippen LogP contribution in [0.1, 0.15) is 86.4 Å². The van der Waals surface area contributed by atoms with Gasteiger partial charge in [-0.15, -0.1) is 9.24 Å². The van der Waals surface area contributed by atoms with Crippen LogP contribution in [-0.2, 0) is 18.9 Å². The fourth-order valence-corrected chi connectivity index (χ4v) is 17.7. The molecule has 0 saturated heterocycles. The van der Waals surface area contributed by atoms with Crippen molar-refractivity contribution in [2.45, 2.75) is 47.6 Å². The van der Waals surface area contributed by atoms with Crippen molar-refractivity contribution in [2.24, 2.45) is 15.8 Å². The topological polar surface area (TPSA) is 295 Å². The third-order valence-corrected chi connectivity index (χ3v) is 25.7. The molecule has 0 aliphatic rings. The van der Waals surface area contributed by atoms with E-state index in [9.17, 15) is 50.8 Å². The molecular formula is C107H97BrClF5MgN13O9P3. The number of nitrogens with zero attached hydrogens (tertiary/aromatic N) is 12. The van der Waals surface area contributed by atoms with Gasteiger partial charge in [-0.3, -0.25) is 18.9 Å². The van der Waals surface area contributed by atoms with E-state index >= 15 is 0 Å². The minimum Gasteiger partial charge on any atom is -1.00 e. The number of carbonyl (C=O) groups excluding carboxylic acids is 4. The first-order chi connectivity index (χ1) is 66.8. The number of aliphatic hydroxyl groups excluding tert-OH is 1. The van der Waals surface area contributed by atoms with E-state index in [1.807, 2.05) is 177 Å². The number of aromatic nitrogens is 10. The molecule has 5 aromatic heterocycles. The standard InChI is InChI=1S/C27H21FN3OP.C15H12FN3O.C15H13FN2O.C15H11FN2O.C14H9FN2O.C12H10ClP.C7H10O3.CH5P.CH3.BrH.Mg.H3NO/c1-20(30-33(32,25-8-4-2-5-9-25)26-10-6-3-7-11-26)21-12-17-27-22(18-21)19-29-31(27)24-15-13-23(28)14-16-24;1-10(18-20)11-2-7-15-12(8-11)9-17-19(15)14-5-3-13(16)4-6-14;2*1-10(19)11-2-7-15-12(8-11)9-17-18(15)14-5-3-13(16)4-6-14;15-12-2-4-13(5-3-12)17-14-6-1-10(9-18)7-11(14)8-16-17;13-14(11-7-3-1-4-8-11)12-9-5-2-6-10-12;1-3-10-7(9)5-4-6(2)8;1-2;;;;1-2/h2-19H,1H3;2-9,20H,1H3;2-10,19H,1H3;2-9H,1H3;1-9H;1-10H;4-5H,3H2,1-2H3;2H2,1H3;1H3;1H;;2H,1H2/q;;;;;;;;-1;;+2;/p-1/b;18-10+;;;;;5-4+;;;;;/i;;;;;;;1D;;;;. The number of allylic oxidation sites excluding steroid dienone is 1. The van der Waals surface area contributed by atoms with Crippen molar-refractivity contribution < 1.29 is 84.3 Å². The molecule has 5 N–H and O–H groups in total. The molecule has 33 heteroatoms. The van der Waals surface area contributed by atoms with Gasteiger partial charge in [-0.2, -0.15) is 25.5 Å². The van der Waals surface area contributed by atoms with Crippen molar-refractivity contribution in [3.8, 4) is 28.4 Å². The van der Waals surface area contributed by atoms with Crippen LogP contribution >= 0.6 is 35.0 Å². The number of Topliss-reactive ketones (excluding diaryl/α,β-unsaturated/α-hetero) is 1. The number of halogens is 7. The van der Waals surface area contributed by atoms with Crippen molar-refractivity contribution in [3.63, 3.8) is 0 Å². The Balaban J connectivity index is 0.000000204. The van der Waals surface area contributed by atoms with Crippen LogP contribution in [-0.4, -0.2) is 136 Å². The van der Waals surface area contributed by atoms with Gasteiger partial charge < -0.3 is 44.7 Å². The first-order valence-corrected chi connectivity index (χ1v) is 47.0. The van der Waals surface area contributed by atoms with E-state index < -0.39 is 26.6 Å². The molecule has 5 heterocycles. The smallest absolute Gasteiger partial charge is 1.00 e. The molecule has 2 unspecified atom stereocenters. The molecule has 0 fully saturated rings. The number of esters is 1. The third-order valence-electron chi connectivity index (χ3n) is 20.5. The maximum Gasteiger partial charge on any atom is 2.00 e. The molecule has 0 aliphatic heterocycles. The van der Waals surface area contributed by atoms with Crippen molar-refractivity contribution >= 4 is 169 Å². The molecule has 2 atom stereocenters. The predicted octanol–water partition coefficient (Wildman–Crippen LogP) is 19.7. The first kappa shape index (κ1) is 110. The summed E-state index contributed by atoms with van der Waals surface area (Å²) in [5.41, 5.74) is 13.5. The zero-order valence-corrected chi connectivity index (χ0v) is 83.6. The summed E-state index contributed by atoms with van der Waals surface area (Å²) in [5, 5.41) is 58.0. The molecule has 19 rings (SSSR count). The molecular weight excluding hydrogens is 1940 g/mol. The summed E-state index contributed by atoms with van der Waals surface area (Å²) in [7, 11) is -1.67. The van der Waals surface area contributed by atoms with Crippen LogP contribution in [0, 0.1) is 36.5 Å². The van der Waals surface area contributed by atoms with Crippen LogP contribution in [0.15, 0.2) is 387 Å². The Bertz CT molecular complexity index is 7350. The molecule has 0 spiro atoms. The minimum absolute atomic E-state index is 0. The van der Waals surface area contributed by atoms with E-state index in [4.69, 9.17) is 27.8 Å². The van der Waals surface area contributed by atoms with Gasteiger partial charge in [0, 0.05) is 61.8 Å². The van der Waals surface area contributed by atoms with Gasteiger partial charge in [0.15, 0.2) is 11.6 Å². The number of ketones is 2. The summed E-state index contributed by atoms with van der Waals surface area (Å²) >= 11 is 6.40. The number of rotatable bonds is 18. The van der Waals surface area contributed by atoms with Crippen molar-refractivity contribution in [2.75, 3.05) is 13.2 Å². The van der Waals surface area contributed by atoms with Gasteiger partial charge in [0.05, 0.1) is 113 Å². The second-order valence-electron chi connectivity index (χ2n) is 29.7. The quantitative estimate of drug-likeness (QED) is 0.00531. The van der Waals surface area contributed by atoms with Crippen LogP contribution in [0.3, 0.4) is 0 Å². The Labute approximate surface area is 842 Å². The van der Waals surface area contributed by atoms with Gasteiger partial charge in [0.2, 0.25) is 7.29 Å². The second kappa shape index (κ2) is 54.9. The number of hydrogen-bond donors (Lipinski definition) is 4. The number of ether oxygens (including phenoxy) is 1. The molecule has 0 saturated carbocycles. The summed E-state index contributed by atoms with van der Waals surface area (Å²) in [4.78, 5) is 42.8. The fourth-order valence-electron chi connectivity index (χ4n) is 13.6. The largest absolute Gasteiger partial charge is 2.00 e. The maximum absolute atomic E-state index is 14.2. The SMILES string of the molecule is C/C(=N\O)c1ccc2c(cnn2-c2ccc(F)cc2)c1.CC(=NP(=O)(c1ccccc1)c1ccccc1)c1ccc2c(cnn2-c2ccc(F)cc2)c1.CC(=O)c1ccc2c(cnn2-c2ccc(F)cc2)c1.CC(O)c1ccc2c(cnn2-c2ccc(F)cc2)c1.CCOC(=O)/C=C/C(C)=O.ClP(c1ccccc1)c1ccccc1.NO.O=Cc1ccc2c(cnn2-c2ccc(F)cc2)c1.[2H]CP.[Br-].[CH3-].[Mg+2]. The number of benzene rings is 14. The van der Waals surface area contributed by atoms with E-state index in [1.54, 1.807) is 154 Å². The van der Waals surface area contributed by atoms with Crippen LogP contribution in [0.5, 0.6) is 0 Å². The average molecular weight is 2040 g/mol. The van der Waals surface area contributed by atoms with Crippen molar-refractivity contribution in [3.05, 3.63) is 441 Å². The number of hydrogen-bond acceptors (Lipinski definition) is 16. The van der Waals surface area contributed by atoms with E-state index in [2.05, 4.69) is 74.8 Å². The number of nitrogens with two attached hydrogens (primary N) is 1. The predicted molar refractivity (Wildman–Crippen MR) is 552 cm³/mol. The van der Waals surface area contributed by atoms with E-state index in [-0.39, 0.29) is 88.1 Å². The molecule has 140 heavy (non-hydrogen) atoms. The molecule has 0 amide bonds. The van der Waals surface area contributed by atoms with Gasteiger partial charge in [0.25, 0.3) is 0 Å². The van der Waals surface area contributed by atoms with Crippen LogP contribution in [0.4, 0.5) is 22.0 Å². The van der Waals surface area contributed by atoms with E-state index in [0.29, 0.717) is 46.4 Å². The number of oxime groups is 1. The van der Waals surface area contributed by atoms with Crippen LogP contribution in [0.2, 0.25) is 0 Å². The van der Waals surface area contributed by atoms with Gasteiger partial charge in [-0.05, 0) is 293 Å². The molecule has 19 aromatic rings. The summed E-state index contributed by atoms with van der Waals surface area (Å²) in [6, 6.07) is 98.0. The van der Waals surface area contributed by atoms with Gasteiger partial charge in [-0.25, -0.2) is 60.8 Å². The van der Waals surface area contributed by atoms with E-state index in [1.165, 1.54) is 91.2 Å². The molecule has 710 valence electrons. The minimum atomic E-state index is -3.22. The monoisotopic (exact) mass is 2030 g/mol. The molecule has 22 nitrogen and oxygen atoms in total. The van der Waals surface area contributed by atoms with Gasteiger partial charge in [-0.1, -0.05) is 138 Å². The Morgan fingerprint density at radius 2 is 0.757 bits per heavy atom. The zero-order chi connectivity index (χ0) is 98.8. The van der Waals surface area contributed by atoms with Gasteiger partial charge in [0.1, 0.15) is 35.4 Å². The van der Waals surface area contributed by atoms with Crippen LogP contribution < -0.4 is 44.1 Å². The summed E-state index contributed by atoms with van der Waals surface area (Å²) in [5.74, 6) is 1.50. The maximum atomic E-state index is 14.2. The molecule has 0 radical (unpaired) electrons. The van der Waals surface area contributed by atoms with Crippen LogP contribution in [0.25, 0.3) is 83.0 Å². The molecule has 0 aliphatic carbocycles. The Hall–Kier alpha value is -14.1.